The van der Waals surface area contributed by atoms with Crippen LogP contribution in [-0.2, 0) is 30.9 Å². The summed E-state index contributed by atoms with van der Waals surface area (Å²) in [4.78, 5) is 24.3. The fraction of sp³-hybridized carbons (Fsp3) is 0.368. The van der Waals surface area contributed by atoms with E-state index in [1.165, 1.54) is 10.4 Å². The lowest BCUT2D eigenvalue weighted by Gasteiger charge is -2.34. The number of fused-ring (bicyclic) bond motifs is 1. The molecule has 2 amide bonds. The Bertz CT molecular complexity index is 1060. The molecule has 0 unspecified atom stereocenters. The standard InChI is InChI=1S/C19H21N3O7S2/c23-18(20-10-13-4-5-14-15(9-13)29-12-28-14)19(24)21-11-16-22(6-2-7-27-16)31(25,26)17-3-1-8-30-17/h1,3-5,8-9,16H,2,6-7,10-12H2,(H,20,23)(H,21,24)/t16-/m0/s1. The number of rotatable bonds is 6. The molecule has 1 aromatic heterocycles. The second-order valence-electron chi connectivity index (χ2n) is 6.81. The Morgan fingerprint density at radius 3 is 2.74 bits per heavy atom. The number of thiophene rings is 1. The molecular formula is C19H21N3O7S2. The third kappa shape index (κ3) is 4.82. The normalized spacial score (nSPS) is 18.5. The van der Waals surface area contributed by atoms with Crippen LogP contribution in [0.3, 0.4) is 0 Å². The molecule has 12 heteroatoms. The molecule has 0 radical (unpaired) electrons. The molecule has 0 aliphatic carbocycles. The van der Waals surface area contributed by atoms with Crippen molar-refractivity contribution in [1.29, 1.82) is 0 Å². The van der Waals surface area contributed by atoms with Gasteiger partial charge >= 0.3 is 11.8 Å². The molecule has 2 aromatic rings. The molecule has 0 spiro atoms. The summed E-state index contributed by atoms with van der Waals surface area (Å²) in [5.41, 5.74) is 0.745. The number of nitrogens with zero attached hydrogens (tertiary/aromatic N) is 1. The van der Waals surface area contributed by atoms with E-state index < -0.39 is 28.1 Å². The summed E-state index contributed by atoms with van der Waals surface area (Å²) < 4.78 is 43.1. The Labute approximate surface area is 183 Å². The van der Waals surface area contributed by atoms with E-state index in [0.29, 0.717) is 24.5 Å². The number of ether oxygens (including phenoxy) is 3. The van der Waals surface area contributed by atoms with E-state index in [0.717, 1.165) is 16.9 Å². The average Bonchev–Trinajstić information content (AvgIpc) is 3.48. The van der Waals surface area contributed by atoms with Gasteiger partial charge in [0.1, 0.15) is 10.4 Å². The van der Waals surface area contributed by atoms with Gasteiger partial charge in [-0.3, -0.25) is 9.59 Å². The zero-order valence-corrected chi connectivity index (χ0v) is 18.0. The van der Waals surface area contributed by atoms with Crippen LogP contribution in [0.25, 0.3) is 0 Å². The Balaban J connectivity index is 1.31. The van der Waals surface area contributed by atoms with Gasteiger partial charge < -0.3 is 24.8 Å². The number of amides is 2. The van der Waals surface area contributed by atoms with E-state index in [2.05, 4.69) is 10.6 Å². The van der Waals surface area contributed by atoms with Crippen molar-refractivity contribution in [2.24, 2.45) is 0 Å². The SMILES string of the molecule is O=C(NCc1ccc2c(c1)OCO2)C(=O)NC[C@@H]1OCCCN1S(=O)(=O)c1cccs1. The van der Waals surface area contributed by atoms with Crippen molar-refractivity contribution in [3.05, 3.63) is 41.3 Å². The molecule has 10 nitrogen and oxygen atoms in total. The Morgan fingerprint density at radius 1 is 1.13 bits per heavy atom. The van der Waals surface area contributed by atoms with Gasteiger partial charge in [0.05, 0.1) is 13.2 Å². The first kappa shape index (κ1) is 21.6. The van der Waals surface area contributed by atoms with Crippen molar-refractivity contribution in [2.45, 2.75) is 23.4 Å². The number of hydrogen-bond acceptors (Lipinski definition) is 8. The van der Waals surface area contributed by atoms with Gasteiger partial charge in [0.25, 0.3) is 10.0 Å². The zero-order chi connectivity index (χ0) is 21.8. The van der Waals surface area contributed by atoms with Crippen LogP contribution in [0.4, 0.5) is 0 Å². The first-order chi connectivity index (χ1) is 14.9. The maximum Gasteiger partial charge on any atom is 0.309 e. The lowest BCUT2D eigenvalue weighted by molar-refractivity contribution is -0.140. The second kappa shape index (κ2) is 9.22. The molecule has 1 atom stereocenters. The summed E-state index contributed by atoms with van der Waals surface area (Å²) in [5.74, 6) is -0.496. The smallest absolute Gasteiger partial charge is 0.309 e. The number of benzene rings is 1. The summed E-state index contributed by atoms with van der Waals surface area (Å²) in [6.07, 6.45) is -0.336. The van der Waals surface area contributed by atoms with Gasteiger partial charge in [-0.05, 0) is 35.6 Å². The van der Waals surface area contributed by atoms with Crippen LogP contribution in [0.2, 0.25) is 0 Å². The van der Waals surface area contributed by atoms with Gasteiger partial charge in [-0.2, -0.15) is 4.31 Å². The van der Waals surface area contributed by atoms with E-state index in [9.17, 15) is 18.0 Å². The van der Waals surface area contributed by atoms with E-state index >= 15 is 0 Å². The monoisotopic (exact) mass is 467 g/mol. The predicted molar refractivity (Wildman–Crippen MR) is 110 cm³/mol. The lowest BCUT2D eigenvalue weighted by atomic mass is 10.2. The van der Waals surface area contributed by atoms with Crippen molar-refractivity contribution < 1.29 is 32.2 Å². The van der Waals surface area contributed by atoms with E-state index in [-0.39, 0.29) is 30.6 Å². The predicted octanol–water partition coefficient (Wildman–Crippen LogP) is 0.646. The minimum Gasteiger partial charge on any atom is -0.454 e. The van der Waals surface area contributed by atoms with Crippen LogP contribution in [0.5, 0.6) is 11.5 Å². The number of carbonyl (C=O) groups excluding carboxylic acids is 2. The molecule has 4 rings (SSSR count). The van der Waals surface area contributed by atoms with Crippen LogP contribution in [0, 0.1) is 0 Å². The number of hydrogen-bond donors (Lipinski definition) is 2. The molecule has 166 valence electrons. The summed E-state index contributed by atoms with van der Waals surface area (Å²) >= 11 is 1.11. The Kier molecular flexibility index (Phi) is 6.41. The molecule has 2 N–H and O–H groups in total. The van der Waals surface area contributed by atoms with Gasteiger partial charge in [-0.15, -0.1) is 11.3 Å². The van der Waals surface area contributed by atoms with Crippen LogP contribution in [-0.4, -0.2) is 57.3 Å². The molecule has 3 heterocycles. The van der Waals surface area contributed by atoms with Crippen molar-refractivity contribution in [2.75, 3.05) is 26.5 Å². The molecule has 0 saturated carbocycles. The molecule has 1 saturated heterocycles. The van der Waals surface area contributed by atoms with Crippen LogP contribution < -0.4 is 20.1 Å². The van der Waals surface area contributed by atoms with E-state index in [4.69, 9.17) is 14.2 Å². The van der Waals surface area contributed by atoms with Gasteiger partial charge in [0.15, 0.2) is 11.5 Å². The fourth-order valence-electron chi connectivity index (χ4n) is 3.20. The van der Waals surface area contributed by atoms with Crippen molar-refractivity contribution in [3.8, 4) is 11.5 Å². The molecule has 1 fully saturated rings. The quantitative estimate of drug-likeness (QED) is 0.598. The third-order valence-corrected chi connectivity index (χ3v) is 8.01. The Hall–Kier alpha value is -2.67. The summed E-state index contributed by atoms with van der Waals surface area (Å²) in [6, 6.07) is 8.39. The van der Waals surface area contributed by atoms with Crippen LogP contribution in [0.1, 0.15) is 12.0 Å². The van der Waals surface area contributed by atoms with Gasteiger partial charge in [0, 0.05) is 13.1 Å². The number of carbonyl (C=O) groups is 2. The molecule has 31 heavy (non-hydrogen) atoms. The van der Waals surface area contributed by atoms with E-state index in [1.807, 2.05) is 0 Å². The first-order valence-corrected chi connectivity index (χ1v) is 11.9. The molecule has 1 aromatic carbocycles. The summed E-state index contributed by atoms with van der Waals surface area (Å²) in [7, 11) is -3.73. The lowest BCUT2D eigenvalue weighted by Crippen LogP contribution is -2.52. The number of nitrogens with one attached hydrogen (secondary N) is 2. The molecule has 0 bridgehead atoms. The van der Waals surface area contributed by atoms with Gasteiger partial charge in [-0.25, -0.2) is 8.42 Å². The third-order valence-electron chi connectivity index (χ3n) is 4.75. The number of sulfonamides is 1. The van der Waals surface area contributed by atoms with E-state index in [1.54, 1.807) is 29.6 Å². The summed E-state index contributed by atoms with van der Waals surface area (Å²) in [5, 5.41) is 6.66. The van der Waals surface area contributed by atoms with Crippen LogP contribution >= 0.6 is 11.3 Å². The first-order valence-electron chi connectivity index (χ1n) is 9.56. The van der Waals surface area contributed by atoms with Crippen molar-refractivity contribution in [1.82, 2.24) is 14.9 Å². The minimum atomic E-state index is -3.73. The molecule has 2 aliphatic rings. The van der Waals surface area contributed by atoms with Gasteiger partial charge in [0.2, 0.25) is 6.79 Å². The summed E-state index contributed by atoms with van der Waals surface area (Å²) in [6.45, 7) is 0.781. The van der Waals surface area contributed by atoms with Crippen LogP contribution in [0.15, 0.2) is 39.9 Å². The minimum absolute atomic E-state index is 0.127. The van der Waals surface area contributed by atoms with Crippen molar-refractivity contribution in [3.63, 3.8) is 0 Å². The second-order valence-corrected chi connectivity index (χ2v) is 9.87. The molecule has 2 aliphatic heterocycles. The highest BCUT2D eigenvalue weighted by Crippen LogP contribution is 2.32. The molecular weight excluding hydrogens is 446 g/mol. The highest BCUT2D eigenvalue weighted by Gasteiger charge is 2.35. The average molecular weight is 468 g/mol. The highest BCUT2D eigenvalue weighted by atomic mass is 32.2. The highest BCUT2D eigenvalue weighted by molar-refractivity contribution is 7.91. The fourth-order valence-corrected chi connectivity index (χ4v) is 5.89. The largest absolute Gasteiger partial charge is 0.454 e. The zero-order valence-electron chi connectivity index (χ0n) is 16.4. The Morgan fingerprint density at radius 2 is 1.94 bits per heavy atom. The maximum absolute atomic E-state index is 12.8. The topological polar surface area (TPSA) is 123 Å². The van der Waals surface area contributed by atoms with Crippen molar-refractivity contribution >= 4 is 33.2 Å². The maximum atomic E-state index is 12.8. The van der Waals surface area contributed by atoms with Gasteiger partial charge in [-0.1, -0.05) is 12.1 Å².